The van der Waals surface area contributed by atoms with Gasteiger partial charge in [-0.1, -0.05) is 37.0 Å². The molecule has 0 aliphatic carbocycles. The fraction of sp³-hybridized carbons (Fsp3) is 0.429. The Hall–Kier alpha value is -1.35. The Morgan fingerprint density at radius 3 is 2.63 bits per heavy atom. The molecule has 1 aromatic carbocycles. The van der Waals surface area contributed by atoms with Gasteiger partial charge in [-0.25, -0.2) is 12.7 Å². The third-order valence-corrected chi connectivity index (χ3v) is 4.65. The molecule has 19 heavy (non-hydrogen) atoms. The number of sulfonamides is 1. The zero-order valence-corrected chi connectivity index (χ0v) is 12.1. The number of aliphatic hydroxyl groups is 1. The minimum Gasteiger partial charge on any atom is -0.384 e. The van der Waals surface area contributed by atoms with Crippen molar-refractivity contribution in [2.45, 2.75) is 19.9 Å². The first-order valence-electron chi connectivity index (χ1n) is 6.13. The van der Waals surface area contributed by atoms with E-state index in [0.29, 0.717) is 13.0 Å². The Bertz CT molecular complexity index is 570. The van der Waals surface area contributed by atoms with E-state index in [1.54, 1.807) is 7.05 Å². The molecule has 0 aromatic heterocycles. The van der Waals surface area contributed by atoms with Crippen molar-refractivity contribution in [3.05, 3.63) is 35.4 Å². The van der Waals surface area contributed by atoms with Crippen LogP contribution in [0, 0.1) is 11.8 Å². The van der Waals surface area contributed by atoms with Crippen molar-refractivity contribution in [2.75, 3.05) is 19.4 Å². The molecule has 1 aromatic rings. The number of hydrogen-bond acceptors (Lipinski definition) is 3. The van der Waals surface area contributed by atoms with Crippen molar-refractivity contribution in [1.82, 2.24) is 4.31 Å². The van der Waals surface area contributed by atoms with E-state index in [-0.39, 0.29) is 12.4 Å². The SMILES string of the molecule is CCCS(=O)(=O)N(C)Cc1ccccc1C#CCO. The first-order chi connectivity index (χ1) is 9.01. The molecule has 0 bridgehead atoms. The summed E-state index contributed by atoms with van der Waals surface area (Å²) in [5.74, 6) is 5.56. The molecule has 0 heterocycles. The lowest BCUT2D eigenvalue weighted by Gasteiger charge is -2.17. The summed E-state index contributed by atoms with van der Waals surface area (Å²) in [6.07, 6.45) is 0.596. The summed E-state index contributed by atoms with van der Waals surface area (Å²) in [4.78, 5) is 0. The third-order valence-electron chi connectivity index (χ3n) is 2.65. The van der Waals surface area contributed by atoms with Crippen LogP contribution in [0.15, 0.2) is 24.3 Å². The van der Waals surface area contributed by atoms with Crippen LogP contribution in [0.25, 0.3) is 0 Å². The lowest BCUT2D eigenvalue weighted by molar-refractivity contribution is 0.350. The Morgan fingerprint density at radius 2 is 2.00 bits per heavy atom. The summed E-state index contributed by atoms with van der Waals surface area (Å²) in [5, 5.41) is 8.72. The van der Waals surface area contributed by atoms with Gasteiger partial charge in [-0.05, 0) is 18.1 Å². The molecule has 0 saturated carbocycles. The van der Waals surface area contributed by atoms with Crippen LogP contribution < -0.4 is 0 Å². The van der Waals surface area contributed by atoms with E-state index in [1.165, 1.54) is 4.31 Å². The van der Waals surface area contributed by atoms with Crippen molar-refractivity contribution >= 4 is 10.0 Å². The molecule has 4 nitrogen and oxygen atoms in total. The Morgan fingerprint density at radius 1 is 1.32 bits per heavy atom. The lowest BCUT2D eigenvalue weighted by Crippen LogP contribution is -2.28. The molecule has 1 rings (SSSR count). The van der Waals surface area contributed by atoms with Crippen LogP contribution in [0.4, 0.5) is 0 Å². The van der Waals surface area contributed by atoms with Crippen LogP contribution in [-0.4, -0.2) is 37.2 Å². The maximum absolute atomic E-state index is 11.9. The molecule has 0 unspecified atom stereocenters. The zero-order valence-electron chi connectivity index (χ0n) is 11.3. The first-order valence-corrected chi connectivity index (χ1v) is 7.73. The van der Waals surface area contributed by atoms with E-state index in [2.05, 4.69) is 11.8 Å². The van der Waals surface area contributed by atoms with Gasteiger partial charge >= 0.3 is 0 Å². The van der Waals surface area contributed by atoms with Crippen molar-refractivity contribution in [3.8, 4) is 11.8 Å². The summed E-state index contributed by atoms with van der Waals surface area (Å²) in [7, 11) is -1.64. The van der Waals surface area contributed by atoms with Crippen LogP contribution in [0.3, 0.4) is 0 Å². The molecule has 0 atom stereocenters. The van der Waals surface area contributed by atoms with Crippen LogP contribution >= 0.6 is 0 Å². The maximum atomic E-state index is 11.9. The summed E-state index contributed by atoms with van der Waals surface area (Å²) in [5.41, 5.74) is 1.58. The molecule has 0 amide bonds. The van der Waals surface area contributed by atoms with Crippen LogP contribution in [-0.2, 0) is 16.6 Å². The monoisotopic (exact) mass is 281 g/mol. The van der Waals surface area contributed by atoms with Gasteiger partial charge in [0.1, 0.15) is 6.61 Å². The van der Waals surface area contributed by atoms with Gasteiger partial charge in [0, 0.05) is 19.2 Å². The molecule has 0 fully saturated rings. The molecular weight excluding hydrogens is 262 g/mol. The number of benzene rings is 1. The van der Waals surface area contributed by atoms with Crippen LogP contribution in [0.2, 0.25) is 0 Å². The summed E-state index contributed by atoms with van der Waals surface area (Å²) >= 11 is 0. The average Bonchev–Trinajstić information content (AvgIpc) is 2.37. The molecule has 1 N–H and O–H groups in total. The quantitative estimate of drug-likeness (QED) is 0.825. The predicted octanol–water partition coefficient (Wildman–Crippen LogP) is 1.20. The molecule has 5 heteroatoms. The van der Waals surface area contributed by atoms with E-state index in [4.69, 9.17) is 5.11 Å². The zero-order chi connectivity index (χ0) is 14.3. The summed E-state index contributed by atoms with van der Waals surface area (Å²) < 4.78 is 25.2. The fourth-order valence-corrected chi connectivity index (χ4v) is 2.83. The molecule has 0 radical (unpaired) electrons. The molecule has 0 aliphatic rings. The van der Waals surface area contributed by atoms with Crippen molar-refractivity contribution in [3.63, 3.8) is 0 Å². The van der Waals surface area contributed by atoms with Crippen LogP contribution in [0.5, 0.6) is 0 Å². The van der Waals surface area contributed by atoms with Gasteiger partial charge in [0.2, 0.25) is 10.0 Å². The van der Waals surface area contributed by atoms with Crippen LogP contribution in [0.1, 0.15) is 24.5 Å². The summed E-state index contributed by atoms with van der Waals surface area (Å²) in [6, 6.07) is 7.35. The smallest absolute Gasteiger partial charge is 0.214 e. The number of aliphatic hydroxyl groups excluding tert-OH is 1. The highest BCUT2D eigenvalue weighted by atomic mass is 32.2. The van der Waals surface area contributed by atoms with Gasteiger partial charge < -0.3 is 5.11 Å². The van der Waals surface area contributed by atoms with Crippen molar-refractivity contribution < 1.29 is 13.5 Å². The van der Waals surface area contributed by atoms with Gasteiger partial charge in [-0.2, -0.15) is 0 Å². The normalized spacial score (nSPS) is 11.2. The number of rotatable bonds is 5. The lowest BCUT2D eigenvalue weighted by atomic mass is 10.1. The second-order valence-corrected chi connectivity index (χ2v) is 6.38. The average molecular weight is 281 g/mol. The van der Waals surface area contributed by atoms with E-state index < -0.39 is 10.0 Å². The van der Waals surface area contributed by atoms with Gasteiger partial charge in [0.05, 0.1) is 5.75 Å². The standard InChI is InChI=1S/C14H19NO3S/c1-3-11-19(17,18)15(2)12-14-8-5-4-7-13(14)9-6-10-16/h4-5,7-8,16H,3,10-12H2,1-2H3. The Labute approximate surface area is 115 Å². The minimum absolute atomic E-state index is 0.147. The second-order valence-electron chi connectivity index (χ2n) is 4.19. The Kier molecular flexibility index (Phi) is 6.03. The van der Waals surface area contributed by atoms with E-state index in [1.807, 2.05) is 31.2 Å². The van der Waals surface area contributed by atoms with Gasteiger partial charge in [0.15, 0.2) is 0 Å². The molecular formula is C14H19NO3S. The molecule has 104 valence electrons. The van der Waals surface area contributed by atoms with Gasteiger partial charge in [-0.15, -0.1) is 0 Å². The predicted molar refractivity (Wildman–Crippen MR) is 76.0 cm³/mol. The second kappa shape index (κ2) is 7.29. The molecule has 0 spiro atoms. The van der Waals surface area contributed by atoms with E-state index >= 15 is 0 Å². The van der Waals surface area contributed by atoms with Crippen molar-refractivity contribution in [1.29, 1.82) is 0 Å². The Balaban J connectivity index is 2.94. The molecule has 0 saturated heterocycles. The maximum Gasteiger partial charge on any atom is 0.214 e. The number of nitrogens with zero attached hydrogens (tertiary/aromatic N) is 1. The highest BCUT2D eigenvalue weighted by Gasteiger charge is 2.17. The highest BCUT2D eigenvalue weighted by molar-refractivity contribution is 7.89. The number of hydrogen-bond donors (Lipinski definition) is 1. The fourth-order valence-electron chi connectivity index (χ4n) is 1.67. The topological polar surface area (TPSA) is 57.6 Å². The third kappa shape index (κ3) is 4.67. The minimum atomic E-state index is -3.21. The summed E-state index contributed by atoms with van der Waals surface area (Å²) in [6.45, 7) is 1.92. The molecule has 0 aliphatic heterocycles. The van der Waals surface area contributed by atoms with Gasteiger partial charge in [0.25, 0.3) is 0 Å². The highest BCUT2D eigenvalue weighted by Crippen LogP contribution is 2.12. The largest absolute Gasteiger partial charge is 0.384 e. The van der Waals surface area contributed by atoms with E-state index in [9.17, 15) is 8.42 Å². The first kappa shape index (κ1) is 15.7. The van der Waals surface area contributed by atoms with E-state index in [0.717, 1.165) is 11.1 Å². The van der Waals surface area contributed by atoms with Crippen molar-refractivity contribution in [2.24, 2.45) is 0 Å². The van der Waals surface area contributed by atoms with Gasteiger partial charge in [-0.3, -0.25) is 0 Å².